The molecule has 4 unspecified atom stereocenters. The SMILES string of the molecule is COC(C)(C)C(N)C1CCC(C)C(C)C1. The van der Waals surface area contributed by atoms with Gasteiger partial charge in [-0.2, -0.15) is 0 Å². The van der Waals surface area contributed by atoms with Crippen molar-refractivity contribution in [2.24, 2.45) is 23.5 Å². The van der Waals surface area contributed by atoms with Crippen molar-refractivity contribution in [3.8, 4) is 0 Å². The zero-order valence-electron chi connectivity index (χ0n) is 10.9. The minimum absolute atomic E-state index is 0.164. The third-order valence-electron chi connectivity index (χ3n) is 4.48. The fourth-order valence-electron chi connectivity index (χ4n) is 2.62. The van der Waals surface area contributed by atoms with Gasteiger partial charge in [-0.3, -0.25) is 0 Å². The van der Waals surface area contributed by atoms with E-state index in [1.54, 1.807) is 7.11 Å². The number of nitrogens with two attached hydrogens (primary N) is 1. The zero-order chi connectivity index (χ0) is 11.6. The minimum atomic E-state index is -0.190. The van der Waals surface area contributed by atoms with Crippen molar-refractivity contribution in [2.75, 3.05) is 7.11 Å². The number of rotatable bonds is 3. The maximum absolute atomic E-state index is 6.32. The second kappa shape index (κ2) is 4.84. The average Bonchev–Trinajstić information content (AvgIpc) is 2.21. The van der Waals surface area contributed by atoms with Crippen molar-refractivity contribution < 1.29 is 4.74 Å². The highest BCUT2D eigenvalue weighted by molar-refractivity contribution is 4.91. The van der Waals surface area contributed by atoms with Crippen LogP contribution in [0.4, 0.5) is 0 Å². The van der Waals surface area contributed by atoms with Gasteiger partial charge in [-0.05, 0) is 44.4 Å². The van der Waals surface area contributed by atoms with Crippen molar-refractivity contribution in [2.45, 2.75) is 58.6 Å². The Morgan fingerprint density at radius 1 is 1.20 bits per heavy atom. The van der Waals surface area contributed by atoms with Gasteiger partial charge < -0.3 is 10.5 Å². The first-order valence-electron chi connectivity index (χ1n) is 6.19. The summed E-state index contributed by atoms with van der Waals surface area (Å²) in [6.45, 7) is 8.90. The predicted octanol–water partition coefficient (Wildman–Crippen LogP) is 2.81. The molecule has 1 fully saturated rings. The van der Waals surface area contributed by atoms with Gasteiger partial charge in [0, 0.05) is 13.2 Å². The van der Waals surface area contributed by atoms with Crippen molar-refractivity contribution >= 4 is 0 Å². The third kappa shape index (κ3) is 2.94. The summed E-state index contributed by atoms with van der Waals surface area (Å²) < 4.78 is 5.49. The Kier molecular flexibility index (Phi) is 4.19. The van der Waals surface area contributed by atoms with Crippen molar-refractivity contribution in [1.82, 2.24) is 0 Å². The number of hydrogen-bond acceptors (Lipinski definition) is 2. The Morgan fingerprint density at radius 2 is 1.80 bits per heavy atom. The lowest BCUT2D eigenvalue weighted by molar-refractivity contribution is -0.0259. The van der Waals surface area contributed by atoms with E-state index in [0.29, 0.717) is 5.92 Å². The van der Waals surface area contributed by atoms with E-state index < -0.39 is 0 Å². The molecule has 15 heavy (non-hydrogen) atoms. The lowest BCUT2D eigenvalue weighted by atomic mass is 9.70. The first kappa shape index (κ1) is 13.0. The maximum atomic E-state index is 6.32. The van der Waals surface area contributed by atoms with E-state index in [-0.39, 0.29) is 11.6 Å². The lowest BCUT2D eigenvalue weighted by Crippen LogP contribution is -2.51. The second-order valence-electron chi connectivity index (χ2n) is 5.86. The standard InChI is InChI=1S/C13H27NO/c1-9-6-7-11(8-10(9)2)12(14)13(3,4)15-5/h9-12H,6-8,14H2,1-5H3. The molecule has 1 saturated carbocycles. The number of ether oxygens (including phenoxy) is 1. The van der Waals surface area contributed by atoms with Gasteiger partial charge in [0.05, 0.1) is 5.60 Å². The highest BCUT2D eigenvalue weighted by Crippen LogP contribution is 2.37. The fraction of sp³-hybridized carbons (Fsp3) is 1.00. The molecule has 0 aromatic rings. The molecular formula is C13H27NO. The van der Waals surface area contributed by atoms with Gasteiger partial charge in [0.25, 0.3) is 0 Å². The van der Waals surface area contributed by atoms with Crippen molar-refractivity contribution in [1.29, 1.82) is 0 Å². The van der Waals surface area contributed by atoms with Crippen LogP contribution in [0.3, 0.4) is 0 Å². The Morgan fingerprint density at radius 3 is 2.27 bits per heavy atom. The molecule has 0 aromatic heterocycles. The van der Waals surface area contributed by atoms with E-state index in [1.807, 2.05) is 0 Å². The van der Waals surface area contributed by atoms with Crippen LogP contribution in [0.15, 0.2) is 0 Å². The van der Waals surface area contributed by atoms with Crippen LogP contribution in [-0.2, 0) is 4.74 Å². The first-order chi connectivity index (χ1) is 6.88. The summed E-state index contributed by atoms with van der Waals surface area (Å²) in [6.07, 6.45) is 3.84. The molecule has 1 aliphatic rings. The summed E-state index contributed by atoms with van der Waals surface area (Å²) in [5.41, 5.74) is 6.13. The van der Waals surface area contributed by atoms with Crippen LogP contribution in [-0.4, -0.2) is 18.8 Å². The molecule has 1 aliphatic carbocycles. The molecule has 0 spiro atoms. The van der Waals surface area contributed by atoms with E-state index in [4.69, 9.17) is 10.5 Å². The van der Waals surface area contributed by atoms with Gasteiger partial charge in [-0.1, -0.05) is 20.3 Å². The second-order valence-corrected chi connectivity index (χ2v) is 5.86. The largest absolute Gasteiger partial charge is 0.377 e. The molecule has 0 aromatic carbocycles. The number of hydrogen-bond donors (Lipinski definition) is 1. The summed E-state index contributed by atoms with van der Waals surface area (Å²) in [4.78, 5) is 0. The first-order valence-corrected chi connectivity index (χ1v) is 6.19. The van der Waals surface area contributed by atoms with Crippen LogP contribution in [0.1, 0.15) is 47.0 Å². The van der Waals surface area contributed by atoms with Gasteiger partial charge in [-0.15, -0.1) is 0 Å². The topological polar surface area (TPSA) is 35.2 Å². The quantitative estimate of drug-likeness (QED) is 0.782. The third-order valence-corrected chi connectivity index (χ3v) is 4.48. The van der Waals surface area contributed by atoms with E-state index in [9.17, 15) is 0 Å². The molecule has 2 heteroatoms. The molecule has 0 aliphatic heterocycles. The normalized spacial score (nSPS) is 35.2. The average molecular weight is 213 g/mol. The van der Waals surface area contributed by atoms with Gasteiger partial charge in [0.2, 0.25) is 0 Å². The molecule has 0 amide bonds. The Balaban J connectivity index is 2.58. The molecule has 0 saturated heterocycles. The van der Waals surface area contributed by atoms with Gasteiger partial charge in [-0.25, -0.2) is 0 Å². The van der Waals surface area contributed by atoms with Crippen molar-refractivity contribution in [3.05, 3.63) is 0 Å². The van der Waals surface area contributed by atoms with E-state index in [1.165, 1.54) is 19.3 Å². The summed E-state index contributed by atoms with van der Waals surface area (Å²) >= 11 is 0. The lowest BCUT2D eigenvalue weighted by Gasteiger charge is -2.41. The molecule has 0 bridgehead atoms. The van der Waals surface area contributed by atoms with Gasteiger partial charge in [0.1, 0.15) is 0 Å². The van der Waals surface area contributed by atoms with Gasteiger partial charge >= 0.3 is 0 Å². The van der Waals surface area contributed by atoms with E-state index in [0.717, 1.165) is 11.8 Å². The summed E-state index contributed by atoms with van der Waals surface area (Å²) in [5, 5.41) is 0. The molecule has 2 N–H and O–H groups in total. The molecule has 2 nitrogen and oxygen atoms in total. The Bertz CT molecular complexity index is 203. The maximum Gasteiger partial charge on any atom is 0.0775 e. The van der Waals surface area contributed by atoms with E-state index >= 15 is 0 Å². The zero-order valence-corrected chi connectivity index (χ0v) is 10.9. The fourth-order valence-corrected chi connectivity index (χ4v) is 2.62. The van der Waals surface area contributed by atoms with Crippen molar-refractivity contribution in [3.63, 3.8) is 0 Å². The molecule has 0 heterocycles. The van der Waals surface area contributed by atoms with Crippen LogP contribution >= 0.6 is 0 Å². The van der Waals surface area contributed by atoms with Crippen LogP contribution in [0.2, 0.25) is 0 Å². The smallest absolute Gasteiger partial charge is 0.0775 e. The van der Waals surface area contributed by atoms with Crippen LogP contribution < -0.4 is 5.73 Å². The highest BCUT2D eigenvalue weighted by atomic mass is 16.5. The van der Waals surface area contributed by atoms with Crippen LogP contribution in [0, 0.1) is 17.8 Å². The Hall–Kier alpha value is -0.0800. The van der Waals surface area contributed by atoms with Crippen LogP contribution in [0.5, 0.6) is 0 Å². The summed E-state index contributed by atoms with van der Waals surface area (Å²) in [6, 6.07) is 0.164. The molecule has 0 radical (unpaired) electrons. The predicted molar refractivity (Wildman–Crippen MR) is 64.7 cm³/mol. The van der Waals surface area contributed by atoms with Crippen LogP contribution in [0.25, 0.3) is 0 Å². The summed E-state index contributed by atoms with van der Waals surface area (Å²) in [5.74, 6) is 2.30. The summed E-state index contributed by atoms with van der Waals surface area (Å²) in [7, 11) is 1.76. The highest BCUT2D eigenvalue weighted by Gasteiger charge is 2.36. The molecule has 90 valence electrons. The minimum Gasteiger partial charge on any atom is -0.377 e. The molecule has 4 atom stereocenters. The molecule has 1 rings (SSSR count). The van der Waals surface area contributed by atoms with E-state index in [2.05, 4.69) is 27.7 Å². The monoisotopic (exact) mass is 213 g/mol. The van der Waals surface area contributed by atoms with Gasteiger partial charge in [0.15, 0.2) is 0 Å². The Labute approximate surface area is 94.6 Å². The molecular weight excluding hydrogens is 186 g/mol. The number of methoxy groups -OCH3 is 1.